The number of guanidine groups is 2. The van der Waals surface area contributed by atoms with E-state index in [1.165, 1.54) is 0 Å². The average molecular weight is 413 g/mol. The summed E-state index contributed by atoms with van der Waals surface area (Å²) in [4.78, 5) is 32.6. The van der Waals surface area contributed by atoms with E-state index in [-0.39, 0.29) is 24.2 Å². The van der Waals surface area contributed by atoms with Gasteiger partial charge in [-0.25, -0.2) is 4.99 Å². The van der Waals surface area contributed by atoms with Crippen molar-refractivity contribution in [3.8, 4) is 0 Å². The van der Waals surface area contributed by atoms with Crippen molar-refractivity contribution < 1.29 is 9.59 Å². The zero-order valence-electron chi connectivity index (χ0n) is 16.0. The molecule has 0 saturated carbocycles. The Kier molecular flexibility index (Phi) is 6.13. The standard InChI is InChI=1S/C20H21ClN6O2/c1-11-3-7-14(8-4-11)23-19(22)27-20-25-16(18(29)26-20)10-17(28)24-15-9-13(21)6-5-12(15)2/h3-9,16H,10H2,1-2H3,(H,24,28)(H4,22,23,25,26,27,29)/t16-/m0/s1. The van der Waals surface area contributed by atoms with Crippen molar-refractivity contribution in [2.75, 3.05) is 10.6 Å². The van der Waals surface area contributed by atoms with Gasteiger partial charge in [0.15, 0.2) is 0 Å². The first-order chi connectivity index (χ1) is 13.8. The Balaban J connectivity index is 1.62. The first-order valence-electron chi connectivity index (χ1n) is 8.92. The fraction of sp³-hybridized carbons (Fsp3) is 0.200. The molecule has 1 aliphatic rings. The maximum absolute atomic E-state index is 12.3. The molecule has 1 atom stereocenters. The molecule has 9 heteroatoms. The molecular formula is C20H21ClN6O2. The lowest BCUT2D eigenvalue weighted by atomic mass is 10.1. The van der Waals surface area contributed by atoms with Gasteiger partial charge in [0.2, 0.25) is 17.8 Å². The van der Waals surface area contributed by atoms with Crippen molar-refractivity contribution in [2.24, 2.45) is 15.7 Å². The largest absolute Gasteiger partial charge is 0.369 e. The third-order valence-corrected chi connectivity index (χ3v) is 4.45. The number of nitrogens with one attached hydrogen (secondary N) is 3. The fourth-order valence-electron chi connectivity index (χ4n) is 2.66. The predicted octanol–water partition coefficient (Wildman–Crippen LogP) is 2.57. The number of carbonyl (C=O) groups is 2. The fourth-order valence-corrected chi connectivity index (χ4v) is 2.83. The van der Waals surface area contributed by atoms with Crippen molar-refractivity contribution in [1.29, 1.82) is 0 Å². The molecule has 5 N–H and O–H groups in total. The van der Waals surface area contributed by atoms with E-state index in [9.17, 15) is 9.59 Å². The van der Waals surface area contributed by atoms with Crippen LogP contribution in [-0.4, -0.2) is 29.8 Å². The number of hydrogen-bond donors (Lipinski definition) is 4. The van der Waals surface area contributed by atoms with Gasteiger partial charge in [0.05, 0.1) is 6.42 Å². The smallest absolute Gasteiger partial charge is 0.252 e. The second-order valence-electron chi connectivity index (χ2n) is 6.66. The number of hydrogen-bond acceptors (Lipinski definition) is 4. The van der Waals surface area contributed by atoms with Crippen LogP contribution < -0.4 is 21.7 Å². The van der Waals surface area contributed by atoms with Crippen LogP contribution in [0.5, 0.6) is 0 Å². The van der Waals surface area contributed by atoms with Gasteiger partial charge in [-0.3, -0.25) is 14.9 Å². The highest BCUT2D eigenvalue weighted by molar-refractivity contribution is 6.31. The van der Waals surface area contributed by atoms with E-state index in [1.807, 2.05) is 38.1 Å². The van der Waals surface area contributed by atoms with Crippen LogP contribution in [0, 0.1) is 13.8 Å². The molecule has 2 amide bonds. The van der Waals surface area contributed by atoms with E-state index in [0.29, 0.717) is 10.7 Å². The van der Waals surface area contributed by atoms with Gasteiger partial charge in [-0.05, 0) is 43.7 Å². The molecule has 0 radical (unpaired) electrons. The Morgan fingerprint density at radius 3 is 2.66 bits per heavy atom. The molecule has 3 rings (SSSR count). The summed E-state index contributed by atoms with van der Waals surface area (Å²) in [5, 5.41) is 8.69. The van der Waals surface area contributed by atoms with Crippen LogP contribution in [0.4, 0.5) is 11.4 Å². The summed E-state index contributed by atoms with van der Waals surface area (Å²) >= 11 is 5.96. The van der Waals surface area contributed by atoms with Gasteiger partial charge in [-0.2, -0.15) is 4.99 Å². The van der Waals surface area contributed by atoms with Crippen LogP contribution in [0.2, 0.25) is 5.02 Å². The summed E-state index contributed by atoms with van der Waals surface area (Å²) in [5.74, 6) is -0.628. The molecule has 0 spiro atoms. The third-order valence-electron chi connectivity index (χ3n) is 4.22. The van der Waals surface area contributed by atoms with Gasteiger partial charge in [0.25, 0.3) is 5.91 Å². The molecule has 0 aromatic heterocycles. The number of nitrogens with two attached hydrogens (primary N) is 1. The summed E-state index contributed by atoms with van der Waals surface area (Å²) < 4.78 is 0. The molecule has 0 aliphatic carbocycles. The molecule has 0 saturated heterocycles. The summed E-state index contributed by atoms with van der Waals surface area (Å²) in [6.07, 6.45) is -0.123. The lowest BCUT2D eigenvalue weighted by molar-refractivity contribution is -0.123. The lowest BCUT2D eigenvalue weighted by Crippen LogP contribution is -2.32. The normalized spacial score (nSPS) is 16.2. The van der Waals surface area contributed by atoms with Gasteiger partial charge in [-0.1, -0.05) is 35.4 Å². The summed E-state index contributed by atoms with van der Waals surface area (Å²) in [5.41, 5.74) is 9.20. The Hall–Kier alpha value is -3.39. The van der Waals surface area contributed by atoms with Gasteiger partial charge in [-0.15, -0.1) is 0 Å². The number of aryl methyl sites for hydroxylation is 2. The number of carbonyl (C=O) groups excluding carboxylic acids is 2. The van der Waals surface area contributed by atoms with E-state index in [1.54, 1.807) is 18.2 Å². The Labute approximate surface area is 173 Å². The molecule has 0 unspecified atom stereocenters. The van der Waals surface area contributed by atoms with Crippen LogP contribution in [0.25, 0.3) is 0 Å². The summed E-state index contributed by atoms with van der Waals surface area (Å²) in [7, 11) is 0. The zero-order valence-corrected chi connectivity index (χ0v) is 16.7. The van der Waals surface area contributed by atoms with E-state index < -0.39 is 11.9 Å². The number of amides is 2. The predicted molar refractivity (Wildman–Crippen MR) is 115 cm³/mol. The van der Waals surface area contributed by atoms with E-state index in [4.69, 9.17) is 17.3 Å². The van der Waals surface area contributed by atoms with Crippen molar-refractivity contribution in [3.05, 3.63) is 58.6 Å². The zero-order chi connectivity index (χ0) is 21.0. The van der Waals surface area contributed by atoms with E-state index in [2.05, 4.69) is 25.9 Å². The topological polar surface area (TPSA) is 121 Å². The molecule has 2 aromatic carbocycles. The first-order valence-corrected chi connectivity index (χ1v) is 9.30. The van der Waals surface area contributed by atoms with Crippen LogP contribution in [0.1, 0.15) is 17.5 Å². The van der Waals surface area contributed by atoms with Crippen LogP contribution in [0.3, 0.4) is 0 Å². The molecule has 29 heavy (non-hydrogen) atoms. The number of rotatable bonds is 4. The van der Waals surface area contributed by atoms with Gasteiger partial charge >= 0.3 is 0 Å². The summed E-state index contributed by atoms with van der Waals surface area (Å²) in [6.45, 7) is 3.83. The van der Waals surface area contributed by atoms with Crippen molar-refractivity contribution in [3.63, 3.8) is 0 Å². The summed E-state index contributed by atoms with van der Waals surface area (Å²) in [6, 6.07) is 11.9. The minimum atomic E-state index is -0.875. The number of benzene rings is 2. The Morgan fingerprint density at radius 2 is 1.93 bits per heavy atom. The quantitative estimate of drug-likeness (QED) is 0.455. The number of nitrogens with zero attached hydrogens (tertiary/aromatic N) is 2. The van der Waals surface area contributed by atoms with E-state index in [0.717, 1.165) is 16.8 Å². The molecule has 0 bridgehead atoms. The van der Waals surface area contributed by atoms with Crippen molar-refractivity contribution >= 4 is 46.7 Å². The highest BCUT2D eigenvalue weighted by Gasteiger charge is 2.28. The van der Waals surface area contributed by atoms with Gasteiger partial charge in [0.1, 0.15) is 6.04 Å². The average Bonchev–Trinajstić information content (AvgIpc) is 2.98. The lowest BCUT2D eigenvalue weighted by Gasteiger charge is -2.09. The molecule has 150 valence electrons. The molecule has 1 heterocycles. The van der Waals surface area contributed by atoms with Gasteiger partial charge < -0.3 is 16.4 Å². The highest BCUT2D eigenvalue weighted by atomic mass is 35.5. The number of anilines is 2. The monoisotopic (exact) mass is 412 g/mol. The minimum absolute atomic E-state index is 0.0591. The molecule has 8 nitrogen and oxygen atoms in total. The minimum Gasteiger partial charge on any atom is -0.369 e. The third kappa shape index (κ3) is 5.55. The SMILES string of the molecule is Cc1ccc(NC(N)=NC2=N[C@@H](CC(=O)Nc3cc(Cl)ccc3C)C(=O)N2)cc1. The van der Waals surface area contributed by atoms with Crippen molar-refractivity contribution in [1.82, 2.24) is 5.32 Å². The first kappa shape index (κ1) is 20.3. The number of halogens is 1. The maximum atomic E-state index is 12.3. The molecule has 2 aromatic rings. The van der Waals surface area contributed by atoms with E-state index >= 15 is 0 Å². The Morgan fingerprint density at radius 1 is 1.21 bits per heavy atom. The van der Waals surface area contributed by atoms with Crippen LogP contribution in [-0.2, 0) is 9.59 Å². The molecule has 0 fully saturated rings. The van der Waals surface area contributed by atoms with Crippen LogP contribution >= 0.6 is 11.6 Å². The number of aliphatic imine (C=N–C) groups is 2. The second kappa shape index (κ2) is 8.74. The van der Waals surface area contributed by atoms with Gasteiger partial charge in [0, 0.05) is 16.4 Å². The molecular weight excluding hydrogens is 392 g/mol. The highest BCUT2D eigenvalue weighted by Crippen LogP contribution is 2.20. The Bertz CT molecular complexity index is 1000. The van der Waals surface area contributed by atoms with Crippen molar-refractivity contribution in [2.45, 2.75) is 26.3 Å². The molecule has 1 aliphatic heterocycles. The maximum Gasteiger partial charge on any atom is 0.252 e. The second-order valence-corrected chi connectivity index (χ2v) is 7.09. The van der Waals surface area contributed by atoms with Crippen LogP contribution in [0.15, 0.2) is 52.4 Å².